The number of fused-ring (bicyclic) bond motifs is 1. The number of nitrogens with zero attached hydrogens (tertiary/aromatic N) is 2. The van der Waals surface area contributed by atoms with Crippen molar-refractivity contribution in [2.75, 3.05) is 11.9 Å². The number of imidazole rings is 1. The summed E-state index contributed by atoms with van der Waals surface area (Å²) in [6.07, 6.45) is 0.618. The summed E-state index contributed by atoms with van der Waals surface area (Å²) in [5, 5.41) is 7.76. The fourth-order valence-electron chi connectivity index (χ4n) is 3.36. The van der Waals surface area contributed by atoms with Crippen molar-refractivity contribution in [1.29, 1.82) is 0 Å². The van der Waals surface area contributed by atoms with E-state index in [9.17, 15) is 9.59 Å². The van der Waals surface area contributed by atoms with Gasteiger partial charge in [-0.3, -0.25) is 9.59 Å². The molecule has 2 heterocycles. The van der Waals surface area contributed by atoms with E-state index in [1.165, 1.54) is 11.3 Å². The third-order valence-corrected chi connectivity index (χ3v) is 5.87. The zero-order valence-electron chi connectivity index (χ0n) is 16.8. The number of anilines is 1. The van der Waals surface area contributed by atoms with Crippen molar-refractivity contribution >= 4 is 39.9 Å². The number of hydrogen-bond donors (Lipinski definition) is 2. The number of nitrogens with one attached hydrogen (secondary N) is 2. The van der Waals surface area contributed by atoms with Crippen LogP contribution in [-0.2, 0) is 13.5 Å². The van der Waals surface area contributed by atoms with Gasteiger partial charge in [0.2, 0.25) is 0 Å². The quantitative estimate of drug-likeness (QED) is 0.493. The molecule has 4 aromatic rings. The fraction of sp³-hybridized carbons (Fsp3) is 0.174. The van der Waals surface area contributed by atoms with Crippen molar-refractivity contribution in [3.63, 3.8) is 0 Å². The molecule has 0 bridgehead atoms. The number of carbonyl (C=O) groups is 2. The molecule has 2 N–H and O–H groups in total. The molecule has 0 saturated heterocycles. The lowest BCUT2D eigenvalue weighted by molar-refractivity contribution is 0.0957. The Morgan fingerprint density at radius 3 is 2.67 bits per heavy atom. The van der Waals surface area contributed by atoms with Crippen LogP contribution in [0.1, 0.15) is 31.4 Å². The molecule has 7 heteroatoms. The summed E-state index contributed by atoms with van der Waals surface area (Å²) in [4.78, 5) is 30.0. The normalized spacial score (nSPS) is 10.9. The van der Waals surface area contributed by atoms with Gasteiger partial charge in [-0.25, -0.2) is 4.98 Å². The Morgan fingerprint density at radius 1 is 1.07 bits per heavy atom. The van der Waals surface area contributed by atoms with Gasteiger partial charge in [-0.15, -0.1) is 11.3 Å². The predicted molar refractivity (Wildman–Crippen MR) is 120 cm³/mol. The Labute approximate surface area is 178 Å². The molecular weight excluding hydrogens is 396 g/mol. The first-order chi connectivity index (χ1) is 14.5. The standard InChI is InChI=1S/C23H22N4O2S/c1-15-6-3-4-7-17(15)22(28)25-16-9-10-19-18(14-16)26-21(27(19)2)11-12-24-23(29)20-8-5-13-30-20/h3-10,13-14H,11-12H2,1-2H3,(H,24,29)(H,25,28). The predicted octanol–water partition coefficient (Wildman–Crippen LogP) is 4.17. The van der Waals surface area contributed by atoms with Gasteiger partial charge in [-0.2, -0.15) is 0 Å². The molecule has 0 aliphatic heterocycles. The van der Waals surface area contributed by atoms with Crippen LogP contribution in [-0.4, -0.2) is 27.9 Å². The topological polar surface area (TPSA) is 76.0 Å². The summed E-state index contributed by atoms with van der Waals surface area (Å²) in [5.41, 5.74) is 4.07. The highest BCUT2D eigenvalue weighted by molar-refractivity contribution is 7.12. The molecule has 0 aliphatic rings. The lowest BCUT2D eigenvalue weighted by atomic mass is 10.1. The van der Waals surface area contributed by atoms with E-state index in [1.807, 2.05) is 78.5 Å². The molecule has 2 aromatic heterocycles. The maximum Gasteiger partial charge on any atom is 0.261 e. The molecule has 0 atom stereocenters. The summed E-state index contributed by atoms with van der Waals surface area (Å²) in [5.74, 6) is 0.670. The maximum absolute atomic E-state index is 12.6. The van der Waals surface area contributed by atoms with Crippen LogP contribution in [0.3, 0.4) is 0 Å². The van der Waals surface area contributed by atoms with E-state index >= 15 is 0 Å². The average Bonchev–Trinajstić information content (AvgIpc) is 3.37. The van der Waals surface area contributed by atoms with Crippen molar-refractivity contribution in [2.45, 2.75) is 13.3 Å². The number of hydrogen-bond acceptors (Lipinski definition) is 4. The van der Waals surface area contributed by atoms with E-state index in [4.69, 9.17) is 4.98 Å². The van der Waals surface area contributed by atoms with E-state index in [-0.39, 0.29) is 11.8 Å². The Morgan fingerprint density at radius 2 is 1.90 bits per heavy atom. The first-order valence-corrected chi connectivity index (χ1v) is 10.5. The molecule has 30 heavy (non-hydrogen) atoms. The first kappa shape index (κ1) is 19.8. The number of thiophene rings is 1. The van der Waals surface area contributed by atoms with Crippen molar-refractivity contribution in [3.05, 3.63) is 81.8 Å². The zero-order valence-corrected chi connectivity index (χ0v) is 17.6. The second-order valence-corrected chi connectivity index (χ2v) is 7.99. The average molecular weight is 419 g/mol. The minimum atomic E-state index is -0.139. The number of amides is 2. The minimum Gasteiger partial charge on any atom is -0.351 e. The molecule has 4 rings (SSSR count). The Balaban J connectivity index is 1.45. The number of aryl methyl sites for hydroxylation is 2. The lowest BCUT2D eigenvalue weighted by Crippen LogP contribution is -2.25. The monoisotopic (exact) mass is 418 g/mol. The molecule has 6 nitrogen and oxygen atoms in total. The van der Waals surface area contributed by atoms with Gasteiger partial charge in [0.1, 0.15) is 5.82 Å². The van der Waals surface area contributed by atoms with E-state index in [0.29, 0.717) is 29.1 Å². The van der Waals surface area contributed by atoms with Crippen LogP contribution in [0.25, 0.3) is 11.0 Å². The molecule has 0 aliphatic carbocycles. The maximum atomic E-state index is 12.6. The highest BCUT2D eigenvalue weighted by Gasteiger charge is 2.12. The number of carbonyl (C=O) groups excluding carboxylic acids is 2. The fourth-order valence-corrected chi connectivity index (χ4v) is 4.00. The van der Waals surface area contributed by atoms with Gasteiger partial charge in [-0.05, 0) is 48.2 Å². The molecule has 2 amide bonds. The van der Waals surface area contributed by atoms with Crippen molar-refractivity contribution in [1.82, 2.24) is 14.9 Å². The second kappa shape index (κ2) is 8.51. The summed E-state index contributed by atoms with van der Waals surface area (Å²) >= 11 is 1.42. The molecular formula is C23H22N4O2S. The van der Waals surface area contributed by atoms with Crippen LogP contribution < -0.4 is 10.6 Å². The molecule has 0 saturated carbocycles. The van der Waals surface area contributed by atoms with Gasteiger partial charge in [-0.1, -0.05) is 24.3 Å². The van der Waals surface area contributed by atoms with Crippen molar-refractivity contribution in [2.24, 2.45) is 7.05 Å². The highest BCUT2D eigenvalue weighted by Crippen LogP contribution is 2.21. The van der Waals surface area contributed by atoms with E-state index < -0.39 is 0 Å². The largest absolute Gasteiger partial charge is 0.351 e. The van der Waals surface area contributed by atoms with Gasteiger partial charge >= 0.3 is 0 Å². The molecule has 0 fully saturated rings. The van der Waals surface area contributed by atoms with Crippen LogP contribution in [0.2, 0.25) is 0 Å². The smallest absolute Gasteiger partial charge is 0.261 e. The van der Waals surface area contributed by atoms with Crippen LogP contribution >= 0.6 is 11.3 Å². The molecule has 2 aromatic carbocycles. The molecule has 0 spiro atoms. The van der Waals surface area contributed by atoms with Gasteiger partial charge in [0.05, 0.1) is 15.9 Å². The third-order valence-electron chi connectivity index (χ3n) is 5.00. The number of rotatable bonds is 6. The van der Waals surface area contributed by atoms with Crippen molar-refractivity contribution in [3.8, 4) is 0 Å². The molecule has 0 unspecified atom stereocenters. The van der Waals surface area contributed by atoms with Gasteiger partial charge < -0.3 is 15.2 Å². The number of benzene rings is 2. The van der Waals surface area contributed by atoms with Crippen molar-refractivity contribution < 1.29 is 9.59 Å². The van der Waals surface area contributed by atoms with E-state index in [2.05, 4.69) is 10.6 Å². The third kappa shape index (κ3) is 4.11. The van der Waals surface area contributed by atoms with E-state index in [1.54, 1.807) is 0 Å². The second-order valence-electron chi connectivity index (χ2n) is 7.04. The molecule has 152 valence electrons. The Hall–Kier alpha value is -3.45. The molecule has 0 radical (unpaired) electrons. The van der Waals surface area contributed by atoms with Crippen LogP contribution in [0.4, 0.5) is 5.69 Å². The highest BCUT2D eigenvalue weighted by atomic mass is 32.1. The lowest BCUT2D eigenvalue weighted by Gasteiger charge is -2.07. The van der Waals surface area contributed by atoms with Crippen LogP contribution in [0.15, 0.2) is 60.0 Å². The van der Waals surface area contributed by atoms with Gasteiger partial charge in [0, 0.05) is 31.3 Å². The van der Waals surface area contributed by atoms with Crippen LogP contribution in [0.5, 0.6) is 0 Å². The first-order valence-electron chi connectivity index (χ1n) is 9.67. The summed E-state index contributed by atoms with van der Waals surface area (Å²) in [7, 11) is 1.96. The zero-order chi connectivity index (χ0) is 21.1. The minimum absolute atomic E-state index is 0.0648. The summed E-state index contributed by atoms with van der Waals surface area (Å²) in [6, 6.07) is 16.9. The van der Waals surface area contributed by atoms with E-state index in [0.717, 1.165) is 22.4 Å². The van der Waals surface area contributed by atoms with Gasteiger partial charge in [0.25, 0.3) is 11.8 Å². The number of aromatic nitrogens is 2. The Kier molecular flexibility index (Phi) is 5.63. The summed E-state index contributed by atoms with van der Waals surface area (Å²) < 4.78 is 2.01. The van der Waals surface area contributed by atoms with Crippen LogP contribution in [0, 0.1) is 6.92 Å². The Bertz CT molecular complexity index is 1210. The SMILES string of the molecule is Cc1ccccc1C(=O)Nc1ccc2c(c1)nc(CCNC(=O)c1cccs1)n2C. The van der Waals surface area contributed by atoms with Gasteiger partial charge in [0.15, 0.2) is 0 Å². The summed E-state index contributed by atoms with van der Waals surface area (Å²) in [6.45, 7) is 2.42.